The highest BCUT2D eigenvalue weighted by atomic mass is 16.7. The molecule has 0 saturated carbocycles. The molecule has 3 aromatic rings. The molecule has 2 aromatic carbocycles. The first-order chi connectivity index (χ1) is 11.3. The van der Waals surface area contributed by atoms with E-state index >= 15 is 0 Å². The minimum atomic E-state index is 0.162. The van der Waals surface area contributed by atoms with E-state index in [1.54, 1.807) is 0 Å². The summed E-state index contributed by atoms with van der Waals surface area (Å²) in [6.07, 6.45) is 1.45. The van der Waals surface area contributed by atoms with Crippen LogP contribution in [0.2, 0.25) is 0 Å². The van der Waals surface area contributed by atoms with Gasteiger partial charge in [0.1, 0.15) is 5.82 Å². The van der Waals surface area contributed by atoms with Crippen molar-refractivity contribution in [2.24, 2.45) is 0 Å². The lowest BCUT2D eigenvalue weighted by Gasteiger charge is -2.08. The molecule has 0 saturated heterocycles. The zero-order chi connectivity index (χ0) is 15.6. The molecule has 2 heterocycles. The van der Waals surface area contributed by atoms with Crippen molar-refractivity contribution < 1.29 is 14.6 Å². The number of imidazole rings is 1. The van der Waals surface area contributed by atoms with E-state index in [1.807, 2.05) is 30.3 Å². The van der Waals surface area contributed by atoms with Crippen molar-refractivity contribution in [1.82, 2.24) is 9.55 Å². The molecule has 0 aliphatic carbocycles. The summed E-state index contributed by atoms with van der Waals surface area (Å²) < 4.78 is 13.1. The number of aromatic nitrogens is 2. The molecule has 118 valence electrons. The molecule has 5 heteroatoms. The van der Waals surface area contributed by atoms with Gasteiger partial charge in [-0.1, -0.05) is 30.3 Å². The Morgan fingerprint density at radius 2 is 1.87 bits per heavy atom. The first kappa shape index (κ1) is 14.1. The average molecular weight is 310 g/mol. The Kier molecular flexibility index (Phi) is 3.63. The zero-order valence-corrected chi connectivity index (χ0v) is 12.7. The molecule has 0 fully saturated rings. The van der Waals surface area contributed by atoms with Crippen molar-refractivity contribution in [3.63, 3.8) is 0 Å². The van der Waals surface area contributed by atoms with Crippen molar-refractivity contribution >= 4 is 11.0 Å². The minimum absolute atomic E-state index is 0.162. The number of rotatable bonds is 5. The van der Waals surface area contributed by atoms with Gasteiger partial charge < -0.3 is 19.1 Å². The highest BCUT2D eigenvalue weighted by molar-refractivity contribution is 5.81. The summed E-state index contributed by atoms with van der Waals surface area (Å²) in [6.45, 7) is 1.15. The molecule has 0 atom stereocenters. The van der Waals surface area contributed by atoms with Gasteiger partial charge in [0.2, 0.25) is 6.79 Å². The quantitative estimate of drug-likeness (QED) is 0.787. The Balaban J connectivity index is 1.78. The molecule has 0 bridgehead atoms. The van der Waals surface area contributed by atoms with Crippen LogP contribution in [0.15, 0.2) is 42.5 Å². The van der Waals surface area contributed by atoms with Gasteiger partial charge in [-0.15, -0.1) is 0 Å². The monoisotopic (exact) mass is 310 g/mol. The molecule has 4 rings (SSSR count). The van der Waals surface area contributed by atoms with Crippen LogP contribution in [0.1, 0.15) is 17.8 Å². The van der Waals surface area contributed by atoms with E-state index in [0.717, 1.165) is 41.3 Å². The van der Waals surface area contributed by atoms with Crippen LogP contribution in [-0.2, 0) is 13.0 Å². The number of aryl methyl sites for hydroxylation is 1. The molecule has 1 N–H and O–H groups in total. The molecule has 0 amide bonds. The smallest absolute Gasteiger partial charge is 0.231 e. The second kappa shape index (κ2) is 5.93. The summed E-state index contributed by atoms with van der Waals surface area (Å²) in [5.41, 5.74) is 3.14. The predicted molar refractivity (Wildman–Crippen MR) is 86.8 cm³/mol. The van der Waals surface area contributed by atoms with E-state index in [2.05, 4.69) is 16.7 Å². The third-order valence-electron chi connectivity index (χ3n) is 4.07. The van der Waals surface area contributed by atoms with E-state index in [9.17, 15) is 5.11 Å². The molecule has 1 aliphatic heterocycles. The Morgan fingerprint density at radius 1 is 1.09 bits per heavy atom. The van der Waals surface area contributed by atoms with Crippen LogP contribution in [0.3, 0.4) is 0 Å². The lowest BCUT2D eigenvalue weighted by molar-refractivity contribution is 0.174. The lowest BCUT2D eigenvalue weighted by Crippen LogP contribution is -2.06. The lowest BCUT2D eigenvalue weighted by atomic mass is 10.1. The van der Waals surface area contributed by atoms with Crippen LogP contribution in [0.25, 0.3) is 11.0 Å². The van der Waals surface area contributed by atoms with Crippen LogP contribution in [0, 0.1) is 0 Å². The Morgan fingerprint density at radius 3 is 2.65 bits per heavy atom. The number of aliphatic hydroxyl groups excluding tert-OH is 1. The minimum Gasteiger partial charge on any atom is -0.454 e. The number of benzene rings is 2. The Labute approximate surface area is 134 Å². The first-order valence-electron chi connectivity index (χ1n) is 7.78. The number of hydrogen-bond acceptors (Lipinski definition) is 4. The fraction of sp³-hybridized carbons (Fsp3) is 0.278. The number of fused-ring (bicyclic) bond motifs is 2. The van der Waals surface area contributed by atoms with Gasteiger partial charge in [0.15, 0.2) is 11.5 Å². The maximum Gasteiger partial charge on any atom is 0.231 e. The van der Waals surface area contributed by atoms with Crippen LogP contribution in [0.5, 0.6) is 11.5 Å². The third-order valence-corrected chi connectivity index (χ3v) is 4.07. The predicted octanol–water partition coefficient (Wildman–Crippen LogP) is 2.74. The Bertz CT molecular complexity index is 827. The zero-order valence-electron chi connectivity index (χ0n) is 12.7. The summed E-state index contributed by atoms with van der Waals surface area (Å²) in [6, 6.07) is 14.2. The molecule has 1 aliphatic rings. The summed E-state index contributed by atoms with van der Waals surface area (Å²) in [7, 11) is 0. The van der Waals surface area contributed by atoms with E-state index in [4.69, 9.17) is 14.5 Å². The second-order valence-electron chi connectivity index (χ2n) is 5.61. The number of ether oxygens (including phenoxy) is 2. The van der Waals surface area contributed by atoms with E-state index in [0.29, 0.717) is 6.42 Å². The SMILES string of the molecule is OCCCn1c(Cc2ccccc2)nc2cc3c(cc21)OCO3. The molecule has 23 heavy (non-hydrogen) atoms. The number of nitrogens with zero attached hydrogens (tertiary/aromatic N) is 2. The second-order valence-corrected chi connectivity index (χ2v) is 5.61. The number of aliphatic hydroxyl groups is 1. The van der Waals surface area contributed by atoms with Gasteiger partial charge in [0.25, 0.3) is 0 Å². The summed E-state index contributed by atoms with van der Waals surface area (Å²) in [4.78, 5) is 4.78. The van der Waals surface area contributed by atoms with E-state index in [-0.39, 0.29) is 13.4 Å². The summed E-state index contributed by atoms with van der Waals surface area (Å²) in [5.74, 6) is 2.49. The van der Waals surface area contributed by atoms with Crippen molar-refractivity contribution in [2.75, 3.05) is 13.4 Å². The van der Waals surface area contributed by atoms with Gasteiger partial charge in [-0.3, -0.25) is 0 Å². The van der Waals surface area contributed by atoms with Gasteiger partial charge in [0, 0.05) is 31.7 Å². The molecule has 0 spiro atoms. The largest absolute Gasteiger partial charge is 0.454 e. The fourth-order valence-electron chi connectivity index (χ4n) is 2.96. The number of hydrogen-bond donors (Lipinski definition) is 1. The van der Waals surface area contributed by atoms with Crippen LogP contribution in [0.4, 0.5) is 0 Å². The van der Waals surface area contributed by atoms with Gasteiger partial charge >= 0.3 is 0 Å². The van der Waals surface area contributed by atoms with E-state index < -0.39 is 0 Å². The summed E-state index contributed by atoms with van der Waals surface area (Å²) in [5, 5.41) is 9.19. The normalized spacial score (nSPS) is 12.9. The molecule has 0 radical (unpaired) electrons. The van der Waals surface area contributed by atoms with Crippen LogP contribution >= 0.6 is 0 Å². The molecular weight excluding hydrogens is 292 g/mol. The van der Waals surface area contributed by atoms with Crippen molar-refractivity contribution in [3.05, 3.63) is 53.9 Å². The molecule has 0 unspecified atom stereocenters. The van der Waals surface area contributed by atoms with Gasteiger partial charge in [0.05, 0.1) is 11.0 Å². The van der Waals surface area contributed by atoms with Gasteiger partial charge in [-0.05, 0) is 12.0 Å². The summed E-state index contributed by atoms with van der Waals surface area (Å²) >= 11 is 0. The topological polar surface area (TPSA) is 56.5 Å². The van der Waals surface area contributed by atoms with Crippen molar-refractivity contribution in [3.8, 4) is 11.5 Å². The third kappa shape index (κ3) is 2.64. The molecule has 5 nitrogen and oxygen atoms in total. The highest BCUT2D eigenvalue weighted by Crippen LogP contribution is 2.36. The molecular formula is C18H18N2O3. The Hall–Kier alpha value is -2.53. The van der Waals surface area contributed by atoms with Crippen LogP contribution < -0.4 is 9.47 Å². The fourth-order valence-corrected chi connectivity index (χ4v) is 2.96. The average Bonchev–Trinajstić information content (AvgIpc) is 3.15. The van der Waals surface area contributed by atoms with E-state index in [1.165, 1.54) is 5.56 Å². The highest BCUT2D eigenvalue weighted by Gasteiger charge is 2.19. The van der Waals surface area contributed by atoms with Gasteiger partial charge in [-0.2, -0.15) is 0 Å². The van der Waals surface area contributed by atoms with Gasteiger partial charge in [-0.25, -0.2) is 4.98 Å². The van der Waals surface area contributed by atoms with Crippen molar-refractivity contribution in [2.45, 2.75) is 19.4 Å². The maximum atomic E-state index is 9.19. The van der Waals surface area contributed by atoms with Crippen LogP contribution in [-0.4, -0.2) is 28.1 Å². The van der Waals surface area contributed by atoms with Crippen molar-refractivity contribution in [1.29, 1.82) is 0 Å². The maximum absolute atomic E-state index is 9.19. The molecule has 1 aromatic heterocycles. The standard InChI is InChI=1S/C18H18N2O3/c21-8-4-7-20-15-11-17-16(22-12-23-17)10-14(15)19-18(20)9-13-5-2-1-3-6-13/h1-3,5-6,10-11,21H,4,7-9,12H2. The first-order valence-corrected chi connectivity index (χ1v) is 7.78.